The molecule has 0 aromatic heterocycles. The van der Waals surface area contributed by atoms with Crippen LogP contribution < -0.4 is 4.74 Å². The molecule has 0 bridgehead atoms. The van der Waals surface area contributed by atoms with Crippen LogP contribution in [0.25, 0.3) is 12.2 Å². The third kappa shape index (κ3) is 4.34. The highest BCUT2D eigenvalue weighted by atomic mass is 35.5. The van der Waals surface area contributed by atoms with Crippen LogP contribution in [-0.2, 0) is 9.53 Å². The highest BCUT2D eigenvalue weighted by Gasteiger charge is 2.21. The molecule has 1 heterocycles. The maximum atomic E-state index is 12.0. The first kappa shape index (κ1) is 18.2. The molecule has 3 rings (SSSR count). The minimum absolute atomic E-state index is 0.197. The second-order valence-corrected chi connectivity index (χ2v) is 6.13. The summed E-state index contributed by atoms with van der Waals surface area (Å²) in [7, 11) is 0. The second-order valence-electron chi connectivity index (χ2n) is 5.35. The molecule has 6 heteroatoms. The van der Waals surface area contributed by atoms with Gasteiger partial charge in [0.05, 0.1) is 16.7 Å². The van der Waals surface area contributed by atoms with Gasteiger partial charge in [0, 0.05) is 6.08 Å². The van der Waals surface area contributed by atoms with Crippen LogP contribution in [0.5, 0.6) is 5.75 Å². The molecule has 0 atom stereocenters. The molecule has 0 spiro atoms. The summed E-state index contributed by atoms with van der Waals surface area (Å²) in [6, 6.07) is 12.7. The highest BCUT2D eigenvalue weighted by Crippen LogP contribution is 2.27. The molecule has 132 valence electrons. The average Bonchev–Trinajstić information content (AvgIpc) is 2.98. The van der Waals surface area contributed by atoms with Gasteiger partial charge in [-0.05, 0) is 48.4 Å². The molecule has 0 saturated heterocycles. The lowest BCUT2D eigenvalue weighted by molar-refractivity contribution is -0.129. The lowest BCUT2D eigenvalue weighted by Crippen LogP contribution is -2.01. The van der Waals surface area contributed by atoms with Crippen molar-refractivity contribution in [3.05, 3.63) is 75.4 Å². The summed E-state index contributed by atoms with van der Waals surface area (Å²) in [4.78, 5) is 16.2. The van der Waals surface area contributed by atoms with Gasteiger partial charge >= 0.3 is 5.97 Å². The number of carbonyl (C=O) groups excluding carboxylic acids is 1. The normalized spacial score (nSPS) is 15.4. The third-order valence-electron chi connectivity index (χ3n) is 3.52. The van der Waals surface area contributed by atoms with E-state index in [1.807, 2.05) is 31.2 Å². The van der Waals surface area contributed by atoms with Crippen molar-refractivity contribution in [2.24, 2.45) is 4.99 Å². The molecule has 0 saturated carbocycles. The predicted molar refractivity (Wildman–Crippen MR) is 105 cm³/mol. The van der Waals surface area contributed by atoms with Crippen LogP contribution in [0.2, 0.25) is 10.0 Å². The summed E-state index contributed by atoms with van der Waals surface area (Å²) in [5.41, 5.74) is 1.76. The van der Waals surface area contributed by atoms with Crippen molar-refractivity contribution in [2.45, 2.75) is 6.92 Å². The second kappa shape index (κ2) is 8.21. The van der Waals surface area contributed by atoms with Gasteiger partial charge in [0.15, 0.2) is 5.70 Å². The topological polar surface area (TPSA) is 47.9 Å². The monoisotopic (exact) mass is 387 g/mol. The Balaban J connectivity index is 1.78. The number of carbonyl (C=O) groups is 1. The number of cyclic esters (lactones) is 1. The molecule has 0 unspecified atom stereocenters. The Bertz CT molecular complexity index is 915. The van der Waals surface area contributed by atoms with E-state index in [1.54, 1.807) is 36.4 Å². The van der Waals surface area contributed by atoms with Crippen molar-refractivity contribution in [1.29, 1.82) is 0 Å². The first-order chi connectivity index (χ1) is 12.6. The number of halogens is 2. The summed E-state index contributed by atoms with van der Waals surface area (Å²) in [5.74, 6) is 0.466. The molecule has 26 heavy (non-hydrogen) atoms. The Morgan fingerprint density at radius 2 is 1.88 bits per heavy atom. The number of hydrogen-bond acceptors (Lipinski definition) is 4. The van der Waals surface area contributed by atoms with Crippen LogP contribution in [0.3, 0.4) is 0 Å². The number of benzene rings is 2. The molecule has 4 nitrogen and oxygen atoms in total. The number of nitrogens with zero attached hydrogens (tertiary/aromatic N) is 1. The molecule has 0 aliphatic carbocycles. The lowest BCUT2D eigenvalue weighted by Gasteiger charge is -2.02. The van der Waals surface area contributed by atoms with Gasteiger partial charge in [0.25, 0.3) is 0 Å². The first-order valence-electron chi connectivity index (χ1n) is 7.94. The molecule has 2 aromatic carbocycles. The van der Waals surface area contributed by atoms with E-state index in [9.17, 15) is 4.79 Å². The summed E-state index contributed by atoms with van der Waals surface area (Å²) in [5, 5.41) is 0.885. The van der Waals surface area contributed by atoms with Gasteiger partial charge in [-0.2, -0.15) is 0 Å². The van der Waals surface area contributed by atoms with E-state index in [-0.39, 0.29) is 11.6 Å². The maximum Gasteiger partial charge on any atom is 0.363 e. The molecule has 1 aliphatic heterocycles. The van der Waals surface area contributed by atoms with E-state index in [1.165, 1.54) is 0 Å². The summed E-state index contributed by atoms with van der Waals surface area (Å²) < 4.78 is 10.5. The highest BCUT2D eigenvalue weighted by molar-refractivity contribution is 6.42. The predicted octanol–water partition coefficient (Wildman–Crippen LogP) is 5.40. The zero-order valence-electron chi connectivity index (χ0n) is 13.9. The number of hydrogen-bond donors (Lipinski definition) is 0. The third-order valence-corrected chi connectivity index (χ3v) is 4.35. The standard InChI is InChI=1S/C20H15Cl2NO3/c1-2-25-15-9-6-13(7-10-15)12-17-20(24)26-18(23-17)11-8-14-4-3-5-16(21)19(14)22/h3-12H,2H2,1H3/b11-8+,17-12-. The van der Waals surface area contributed by atoms with Crippen molar-refractivity contribution in [2.75, 3.05) is 6.61 Å². The summed E-state index contributed by atoms with van der Waals surface area (Å²) in [6.45, 7) is 2.52. The fourth-order valence-electron chi connectivity index (χ4n) is 2.29. The van der Waals surface area contributed by atoms with Gasteiger partial charge in [0.1, 0.15) is 5.75 Å². The zero-order chi connectivity index (χ0) is 18.5. The van der Waals surface area contributed by atoms with E-state index in [4.69, 9.17) is 32.7 Å². The van der Waals surface area contributed by atoms with E-state index in [2.05, 4.69) is 4.99 Å². The number of ether oxygens (including phenoxy) is 2. The van der Waals surface area contributed by atoms with Gasteiger partial charge in [-0.15, -0.1) is 0 Å². The Kier molecular flexibility index (Phi) is 5.76. The fourth-order valence-corrected chi connectivity index (χ4v) is 2.66. The number of rotatable bonds is 5. The van der Waals surface area contributed by atoms with E-state index in [0.29, 0.717) is 22.2 Å². The fraction of sp³-hybridized carbons (Fsp3) is 0.100. The van der Waals surface area contributed by atoms with E-state index >= 15 is 0 Å². The molecule has 2 aromatic rings. The minimum Gasteiger partial charge on any atom is -0.494 e. The zero-order valence-corrected chi connectivity index (χ0v) is 15.4. The van der Waals surface area contributed by atoms with Gasteiger partial charge in [-0.25, -0.2) is 9.79 Å². The van der Waals surface area contributed by atoms with Crippen molar-refractivity contribution < 1.29 is 14.3 Å². The molecule has 0 amide bonds. The van der Waals surface area contributed by atoms with Crippen LogP contribution in [0, 0.1) is 0 Å². The quantitative estimate of drug-likeness (QED) is 0.509. The van der Waals surface area contributed by atoms with E-state index < -0.39 is 5.97 Å². The largest absolute Gasteiger partial charge is 0.494 e. The van der Waals surface area contributed by atoms with Gasteiger partial charge in [-0.1, -0.05) is 47.5 Å². The summed E-state index contributed by atoms with van der Waals surface area (Å²) in [6.07, 6.45) is 4.93. The molecule has 1 aliphatic rings. The Hall–Kier alpha value is -2.56. The first-order valence-corrected chi connectivity index (χ1v) is 8.70. The van der Waals surface area contributed by atoms with Crippen molar-refractivity contribution in [3.63, 3.8) is 0 Å². The summed E-state index contributed by atoms with van der Waals surface area (Å²) >= 11 is 12.1. The van der Waals surface area contributed by atoms with Crippen LogP contribution >= 0.6 is 23.2 Å². The molecule has 0 radical (unpaired) electrons. The van der Waals surface area contributed by atoms with Crippen molar-refractivity contribution >= 4 is 47.2 Å². The van der Waals surface area contributed by atoms with Gasteiger partial charge in [-0.3, -0.25) is 0 Å². The van der Waals surface area contributed by atoms with Gasteiger partial charge in [0.2, 0.25) is 5.90 Å². The smallest absolute Gasteiger partial charge is 0.363 e. The van der Waals surface area contributed by atoms with Crippen molar-refractivity contribution in [3.8, 4) is 5.75 Å². The van der Waals surface area contributed by atoms with E-state index in [0.717, 1.165) is 11.3 Å². The van der Waals surface area contributed by atoms with Gasteiger partial charge < -0.3 is 9.47 Å². The van der Waals surface area contributed by atoms with Crippen molar-refractivity contribution in [1.82, 2.24) is 0 Å². The minimum atomic E-state index is -0.504. The lowest BCUT2D eigenvalue weighted by atomic mass is 10.2. The van der Waals surface area contributed by atoms with Crippen LogP contribution in [0.15, 0.2) is 59.2 Å². The average molecular weight is 388 g/mol. The SMILES string of the molecule is CCOc1ccc(/C=C2N=C(/C=C/c3cccc(Cl)c3Cl)OC\2=O)cc1. The number of aliphatic imine (C=N–C) groups is 1. The molecular formula is C20H15Cl2NO3. The number of esters is 1. The van der Waals surface area contributed by atoms with Crippen LogP contribution in [0.1, 0.15) is 18.1 Å². The Labute approximate surface area is 161 Å². The molecule has 0 N–H and O–H groups in total. The Morgan fingerprint density at radius 1 is 1.12 bits per heavy atom. The van der Waals surface area contributed by atoms with Crippen LogP contribution in [-0.4, -0.2) is 18.5 Å². The molecular weight excluding hydrogens is 373 g/mol. The van der Waals surface area contributed by atoms with Crippen LogP contribution in [0.4, 0.5) is 0 Å². The molecule has 0 fully saturated rings. The maximum absolute atomic E-state index is 12.0. The Morgan fingerprint density at radius 3 is 2.62 bits per heavy atom.